The van der Waals surface area contributed by atoms with Crippen molar-refractivity contribution in [2.24, 2.45) is 5.73 Å². The van der Waals surface area contributed by atoms with Crippen molar-refractivity contribution >= 4 is 29.8 Å². The average molecular weight is 695 g/mol. The molecule has 0 aliphatic heterocycles. The topological polar surface area (TPSA) is 157 Å². The molecular weight excluding hydrogens is 636 g/mol. The molecule has 3 unspecified atom stereocenters. The van der Waals surface area contributed by atoms with Crippen molar-refractivity contribution in [2.75, 3.05) is 6.54 Å². The molecule has 0 saturated heterocycles. The van der Waals surface area contributed by atoms with E-state index in [0.717, 1.165) is 36.8 Å². The van der Waals surface area contributed by atoms with Crippen LogP contribution in [0.2, 0.25) is 0 Å². The van der Waals surface area contributed by atoms with Crippen LogP contribution in [0, 0.1) is 6.92 Å². The number of carbonyl (C=O) groups excluding carboxylic acids is 5. The van der Waals surface area contributed by atoms with Crippen LogP contribution in [0.3, 0.4) is 0 Å². The molecule has 11 heteroatoms. The zero-order valence-corrected chi connectivity index (χ0v) is 31.2. The number of benzene rings is 2. The van der Waals surface area contributed by atoms with Crippen molar-refractivity contribution < 1.29 is 33.4 Å². The second-order valence-electron chi connectivity index (χ2n) is 14.7. The zero-order chi connectivity index (χ0) is 37.5. The fourth-order valence-corrected chi connectivity index (χ4v) is 5.46. The van der Waals surface area contributed by atoms with Gasteiger partial charge in [0.25, 0.3) is 0 Å². The molecule has 2 aromatic carbocycles. The monoisotopic (exact) mass is 694 g/mol. The highest BCUT2D eigenvalue weighted by atomic mass is 16.6. The van der Waals surface area contributed by atoms with Crippen LogP contribution < -0.4 is 16.4 Å². The number of ether oxygens (including phenoxy) is 2. The summed E-state index contributed by atoms with van der Waals surface area (Å²) in [5, 5.41) is 5.56. The summed E-state index contributed by atoms with van der Waals surface area (Å²) in [6.07, 6.45) is 3.41. The first kappa shape index (κ1) is 41.8. The highest BCUT2D eigenvalue weighted by Gasteiger charge is 2.38. The van der Waals surface area contributed by atoms with Crippen LogP contribution in [0.15, 0.2) is 54.6 Å². The Labute approximate surface area is 298 Å². The number of nitrogens with zero attached hydrogens (tertiary/aromatic N) is 1. The molecule has 276 valence electrons. The number of hydrogen-bond donors (Lipinski definition) is 3. The predicted octanol–water partition coefficient (Wildman–Crippen LogP) is 6.06. The summed E-state index contributed by atoms with van der Waals surface area (Å²) in [5.74, 6) is -2.41. The van der Waals surface area contributed by atoms with Crippen LogP contribution in [0.5, 0.6) is 0 Å². The molecule has 0 aliphatic rings. The lowest BCUT2D eigenvalue weighted by Gasteiger charge is -2.36. The van der Waals surface area contributed by atoms with E-state index in [1.165, 1.54) is 4.90 Å². The lowest BCUT2D eigenvalue weighted by atomic mass is 9.96. The van der Waals surface area contributed by atoms with Crippen molar-refractivity contribution in [2.45, 2.75) is 136 Å². The number of esters is 1. The van der Waals surface area contributed by atoms with Crippen molar-refractivity contribution in [1.29, 1.82) is 0 Å². The standard InChI is InChI=1S/C39H58N4O7/c1-9-10-11-12-18-25-43(35(46)30(23-24-32(40)44)42-37(48)50-39(6,7)8)33(29-22-17-16-19-27(29)2)34(45)41-31(36(47)49-38(3,4)5)26-28-20-14-13-15-21-28/h13-17,19-22,30-31,33H,9-12,18,23-26H2,1-8H3,(H2,40,44)(H,41,45)(H,42,48). The van der Waals surface area contributed by atoms with Crippen LogP contribution in [-0.4, -0.2) is 64.5 Å². The lowest BCUT2D eigenvalue weighted by molar-refractivity contribution is -0.159. The number of carbonyl (C=O) groups is 5. The third-order valence-electron chi connectivity index (χ3n) is 7.79. The zero-order valence-electron chi connectivity index (χ0n) is 31.2. The first-order valence-electron chi connectivity index (χ1n) is 17.6. The quantitative estimate of drug-likeness (QED) is 0.126. The highest BCUT2D eigenvalue weighted by Crippen LogP contribution is 2.28. The van der Waals surface area contributed by atoms with E-state index >= 15 is 0 Å². The number of rotatable bonds is 18. The van der Waals surface area contributed by atoms with Gasteiger partial charge in [-0.05, 0) is 78.0 Å². The Morgan fingerprint density at radius 1 is 0.780 bits per heavy atom. The average Bonchev–Trinajstić information content (AvgIpc) is 3.01. The largest absolute Gasteiger partial charge is 0.458 e. The van der Waals surface area contributed by atoms with Gasteiger partial charge in [-0.1, -0.05) is 87.2 Å². The minimum atomic E-state index is -1.22. The van der Waals surface area contributed by atoms with Crippen molar-refractivity contribution in [1.82, 2.24) is 15.5 Å². The first-order valence-corrected chi connectivity index (χ1v) is 17.6. The maximum Gasteiger partial charge on any atom is 0.408 e. The third kappa shape index (κ3) is 15.0. The number of primary amides is 1. The van der Waals surface area contributed by atoms with Gasteiger partial charge in [-0.15, -0.1) is 0 Å². The van der Waals surface area contributed by atoms with Gasteiger partial charge >= 0.3 is 12.1 Å². The molecule has 0 aromatic heterocycles. The maximum absolute atomic E-state index is 14.6. The Morgan fingerprint density at radius 3 is 1.96 bits per heavy atom. The summed E-state index contributed by atoms with van der Waals surface area (Å²) in [5.41, 5.74) is 5.93. The van der Waals surface area contributed by atoms with Gasteiger partial charge in [0.05, 0.1) is 0 Å². The van der Waals surface area contributed by atoms with Crippen molar-refractivity contribution in [3.05, 3.63) is 71.3 Å². The molecule has 0 radical (unpaired) electrons. The molecule has 0 aliphatic carbocycles. The Kier molecular flexibility index (Phi) is 16.4. The highest BCUT2D eigenvalue weighted by molar-refractivity contribution is 5.94. The molecular formula is C39H58N4O7. The number of hydrogen-bond acceptors (Lipinski definition) is 7. The summed E-state index contributed by atoms with van der Waals surface area (Å²) in [6, 6.07) is 13.0. The lowest BCUT2D eigenvalue weighted by Crippen LogP contribution is -2.55. The van der Waals surface area contributed by atoms with Gasteiger partial charge < -0.3 is 30.7 Å². The second kappa shape index (κ2) is 19.7. The number of alkyl carbamates (subject to hydrolysis) is 1. The van der Waals surface area contributed by atoms with Gasteiger partial charge in [0.2, 0.25) is 17.7 Å². The van der Waals surface area contributed by atoms with Gasteiger partial charge in [0.1, 0.15) is 29.3 Å². The van der Waals surface area contributed by atoms with Crippen molar-refractivity contribution in [3.8, 4) is 0 Å². The summed E-state index contributed by atoms with van der Waals surface area (Å²) < 4.78 is 11.2. The van der Waals surface area contributed by atoms with Gasteiger partial charge in [0.15, 0.2) is 0 Å². The van der Waals surface area contributed by atoms with E-state index < -0.39 is 59.1 Å². The van der Waals surface area contributed by atoms with E-state index in [9.17, 15) is 24.0 Å². The van der Waals surface area contributed by atoms with Crippen LogP contribution in [0.1, 0.15) is 116 Å². The Morgan fingerprint density at radius 2 is 1.38 bits per heavy atom. The second-order valence-corrected chi connectivity index (χ2v) is 14.7. The first-order chi connectivity index (χ1) is 23.4. The summed E-state index contributed by atoms with van der Waals surface area (Å²) in [7, 11) is 0. The molecule has 0 fully saturated rings. The molecule has 4 amide bonds. The molecule has 0 saturated carbocycles. The van der Waals surface area contributed by atoms with E-state index in [1.807, 2.05) is 49.4 Å². The minimum Gasteiger partial charge on any atom is -0.458 e. The van der Waals surface area contributed by atoms with Crippen LogP contribution in [-0.2, 0) is 35.1 Å². The van der Waals surface area contributed by atoms with E-state index in [0.29, 0.717) is 12.0 Å². The summed E-state index contributed by atoms with van der Waals surface area (Å²) in [6.45, 7) is 14.5. The molecule has 0 heterocycles. The molecule has 50 heavy (non-hydrogen) atoms. The minimum absolute atomic E-state index is 0.101. The number of nitrogens with one attached hydrogen (secondary N) is 2. The molecule has 3 atom stereocenters. The third-order valence-corrected chi connectivity index (χ3v) is 7.79. The number of unbranched alkanes of at least 4 members (excludes halogenated alkanes) is 4. The normalized spacial score (nSPS) is 13.4. The Hall–Kier alpha value is -4.41. The summed E-state index contributed by atoms with van der Waals surface area (Å²) in [4.78, 5) is 69.1. The van der Waals surface area contributed by atoms with E-state index in [2.05, 4.69) is 17.6 Å². The molecule has 11 nitrogen and oxygen atoms in total. The molecule has 0 spiro atoms. The fourth-order valence-electron chi connectivity index (χ4n) is 5.46. The van der Waals surface area contributed by atoms with Crippen molar-refractivity contribution in [3.63, 3.8) is 0 Å². The Balaban J connectivity index is 2.65. The summed E-state index contributed by atoms with van der Waals surface area (Å²) >= 11 is 0. The molecule has 2 rings (SSSR count). The van der Waals surface area contributed by atoms with E-state index in [1.54, 1.807) is 53.7 Å². The molecule has 0 bridgehead atoms. The number of nitrogens with two attached hydrogens (primary N) is 1. The van der Waals surface area contributed by atoms with Crippen LogP contribution in [0.25, 0.3) is 0 Å². The number of amides is 4. The van der Waals surface area contributed by atoms with Gasteiger partial charge in [-0.25, -0.2) is 9.59 Å². The smallest absolute Gasteiger partial charge is 0.408 e. The Bertz CT molecular complexity index is 1420. The van der Waals surface area contributed by atoms with Gasteiger partial charge in [0, 0.05) is 19.4 Å². The predicted molar refractivity (Wildman–Crippen MR) is 194 cm³/mol. The maximum atomic E-state index is 14.6. The SMILES string of the molecule is CCCCCCCN(C(=O)C(CCC(N)=O)NC(=O)OC(C)(C)C)C(C(=O)NC(Cc1ccccc1)C(=O)OC(C)(C)C)c1ccccc1C. The number of aryl methyl sites for hydroxylation is 1. The fraction of sp³-hybridized carbons (Fsp3) is 0.564. The van der Waals surface area contributed by atoms with E-state index in [-0.39, 0.29) is 25.8 Å². The molecule has 2 aromatic rings. The van der Waals surface area contributed by atoms with Gasteiger partial charge in [-0.3, -0.25) is 14.4 Å². The molecule has 4 N–H and O–H groups in total. The van der Waals surface area contributed by atoms with Gasteiger partial charge in [-0.2, -0.15) is 0 Å². The van der Waals surface area contributed by atoms with Crippen LogP contribution >= 0.6 is 0 Å². The van der Waals surface area contributed by atoms with E-state index in [4.69, 9.17) is 15.2 Å². The van der Waals surface area contributed by atoms with Crippen LogP contribution in [0.4, 0.5) is 4.79 Å².